The second kappa shape index (κ2) is 6.01. The Kier molecular flexibility index (Phi) is 4.27. The zero-order chi connectivity index (χ0) is 14.9. The van der Waals surface area contributed by atoms with Crippen LogP contribution in [-0.4, -0.2) is 41.4 Å². The molecule has 1 aromatic rings. The molecule has 0 aromatic heterocycles. The molecule has 4 heteroatoms. The minimum atomic E-state index is -0.615. The fourth-order valence-corrected chi connectivity index (χ4v) is 4.93. The standard InChI is InChI=1S/C17H23NO2S/c1-2-17(16(19)20)8-5-9-18(12-17)10-13-11-21-15-7-4-3-6-14(13)15/h3-4,6-7,13H,2,5,8-12H2,1H3,(H,19,20). The van der Waals surface area contributed by atoms with Crippen LogP contribution >= 0.6 is 11.8 Å². The average Bonchev–Trinajstić information content (AvgIpc) is 2.90. The maximum Gasteiger partial charge on any atom is 0.310 e. The van der Waals surface area contributed by atoms with Gasteiger partial charge >= 0.3 is 5.97 Å². The molecule has 2 aliphatic rings. The lowest BCUT2D eigenvalue weighted by atomic mass is 9.77. The van der Waals surface area contributed by atoms with Crippen LogP contribution in [0, 0.1) is 5.41 Å². The van der Waals surface area contributed by atoms with Crippen molar-refractivity contribution in [3.05, 3.63) is 29.8 Å². The Labute approximate surface area is 130 Å². The number of hydrogen-bond acceptors (Lipinski definition) is 3. The monoisotopic (exact) mass is 305 g/mol. The van der Waals surface area contributed by atoms with Crippen LogP contribution in [0.25, 0.3) is 0 Å². The summed E-state index contributed by atoms with van der Waals surface area (Å²) in [4.78, 5) is 15.4. The molecule has 1 fully saturated rings. The van der Waals surface area contributed by atoms with E-state index in [2.05, 4.69) is 29.2 Å². The summed E-state index contributed by atoms with van der Waals surface area (Å²) in [7, 11) is 0. The molecule has 1 N–H and O–H groups in total. The van der Waals surface area contributed by atoms with Crippen LogP contribution in [-0.2, 0) is 4.79 Å². The number of carboxylic acid groups (broad SMARTS) is 1. The van der Waals surface area contributed by atoms with Gasteiger partial charge in [0.05, 0.1) is 5.41 Å². The summed E-state index contributed by atoms with van der Waals surface area (Å²) in [6, 6.07) is 8.64. The summed E-state index contributed by atoms with van der Waals surface area (Å²) in [5.41, 5.74) is 0.925. The highest BCUT2D eigenvalue weighted by molar-refractivity contribution is 7.99. The molecule has 0 amide bonds. The van der Waals surface area contributed by atoms with Crippen molar-refractivity contribution in [3.8, 4) is 0 Å². The first-order valence-electron chi connectivity index (χ1n) is 7.82. The van der Waals surface area contributed by atoms with Gasteiger partial charge in [0, 0.05) is 29.7 Å². The molecule has 3 rings (SSSR count). The van der Waals surface area contributed by atoms with Crippen molar-refractivity contribution in [1.82, 2.24) is 4.90 Å². The number of aliphatic carboxylic acids is 1. The third-order valence-corrected chi connectivity index (χ3v) is 6.32. The fourth-order valence-electron chi connectivity index (χ4n) is 3.69. The number of carboxylic acids is 1. The number of hydrogen-bond donors (Lipinski definition) is 1. The smallest absolute Gasteiger partial charge is 0.310 e. The second-order valence-corrected chi connectivity index (χ2v) is 7.39. The van der Waals surface area contributed by atoms with Crippen molar-refractivity contribution in [1.29, 1.82) is 0 Å². The molecular formula is C17H23NO2S. The molecule has 2 atom stereocenters. The molecule has 1 saturated heterocycles. The van der Waals surface area contributed by atoms with Crippen molar-refractivity contribution < 1.29 is 9.90 Å². The fraction of sp³-hybridized carbons (Fsp3) is 0.588. The number of piperidine rings is 1. The largest absolute Gasteiger partial charge is 0.481 e. The van der Waals surface area contributed by atoms with Gasteiger partial charge in [-0.25, -0.2) is 0 Å². The first kappa shape index (κ1) is 14.9. The Hall–Kier alpha value is -1.00. The number of benzene rings is 1. The minimum absolute atomic E-state index is 0.524. The second-order valence-electron chi connectivity index (χ2n) is 6.32. The van der Waals surface area contributed by atoms with Crippen molar-refractivity contribution in [3.63, 3.8) is 0 Å². The molecule has 0 aliphatic carbocycles. The van der Waals surface area contributed by atoms with Gasteiger partial charge in [0.25, 0.3) is 0 Å². The van der Waals surface area contributed by atoms with Gasteiger partial charge in [-0.2, -0.15) is 0 Å². The maximum absolute atomic E-state index is 11.7. The molecule has 2 aliphatic heterocycles. The quantitative estimate of drug-likeness (QED) is 0.925. The summed E-state index contributed by atoms with van der Waals surface area (Å²) in [6.07, 6.45) is 2.56. The van der Waals surface area contributed by atoms with Gasteiger partial charge in [-0.3, -0.25) is 4.79 Å². The highest BCUT2D eigenvalue weighted by Crippen LogP contribution is 2.41. The van der Waals surface area contributed by atoms with Gasteiger partial charge < -0.3 is 10.0 Å². The van der Waals surface area contributed by atoms with Crippen LogP contribution in [0.1, 0.15) is 37.7 Å². The van der Waals surface area contributed by atoms with Crippen LogP contribution in [0.3, 0.4) is 0 Å². The summed E-state index contributed by atoms with van der Waals surface area (Å²) < 4.78 is 0. The number of thioether (sulfide) groups is 1. The Morgan fingerprint density at radius 1 is 1.48 bits per heavy atom. The van der Waals surface area contributed by atoms with Gasteiger partial charge in [0.2, 0.25) is 0 Å². The van der Waals surface area contributed by atoms with Crippen LogP contribution in [0.2, 0.25) is 0 Å². The topological polar surface area (TPSA) is 40.5 Å². The molecule has 114 valence electrons. The predicted molar refractivity (Wildman–Crippen MR) is 85.9 cm³/mol. The highest BCUT2D eigenvalue weighted by Gasteiger charge is 2.41. The zero-order valence-corrected chi connectivity index (χ0v) is 13.4. The summed E-state index contributed by atoms with van der Waals surface area (Å²) in [5, 5.41) is 9.59. The summed E-state index contributed by atoms with van der Waals surface area (Å²) >= 11 is 1.93. The van der Waals surface area contributed by atoms with E-state index in [0.717, 1.165) is 38.1 Å². The number of fused-ring (bicyclic) bond motifs is 1. The molecule has 0 radical (unpaired) electrons. The van der Waals surface area contributed by atoms with Crippen molar-refractivity contribution in [2.75, 3.05) is 25.4 Å². The van der Waals surface area contributed by atoms with Gasteiger partial charge in [-0.15, -0.1) is 11.8 Å². The molecule has 0 bridgehead atoms. The minimum Gasteiger partial charge on any atom is -0.481 e. The Morgan fingerprint density at radius 3 is 3.05 bits per heavy atom. The third-order valence-electron chi connectivity index (χ3n) is 5.06. The van der Waals surface area contributed by atoms with E-state index in [1.54, 1.807) is 0 Å². The molecule has 2 unspecified atom stereocenters. The number of likely N-dealkylation sites (tertiary alicyclic amines) is 1. The molecule has 0 spiro atoms. The van der Waals surface area contributed by atoms with E-state index in [0.29, 0.717) is 12.5 Å². The molecule has 2 heterocycles. The first-order chi connectivity index (χ1) is 10.1. The van der Waals surface area contributed by atoms with Crippen LogP contribution in [0.5, 0.6) is 0 Å². The summed E-state index contributed by atoms with van der Waals surface area (Å²) in [5.74, 6) is 1.06. The number of nitrogens with zero attached hydrogens (tertiary/aromatic N) is 1. The lowest BCUT2D eigenvalue weighted by Crippen LogP contribution is -2.48. The molecule has 1 aromatic carbocycles. The molecular weight excluding hydrogens is 282 g/mol. The molecule has 0 saturated carbocycles. The van der Waals surface area contributed by atoms with E-state index in [-0.39, 0.29) is 0 Å². The van der Waals surface area contributed by atoms with E-state index >= 15 is 0 Å². The van der Waals surface area contributed by atoms with E-state index in [1.807, 2.05) is 18.7 Å². The SMILES string of the molecule is CCC1(C(=O)O)CCCN(CC2CSc3ccccc32)C1. The van der Waals surface area contributed by atoms with E-state index in [9.17, 15) is 9.90 Å². The van der Waals surface area contributed by atoms with Crippen molar-refractivity contribution in [2.45, 2.75) is 37.0 Å². The van der Waals surface area contributed by atoms with Crippen molar-refractivity contribution >= 4 is 17.7 Å². The lowest BCUT2D eigenvalue weighted by molar-refractivity contribution is -0.153. The maximum atomic E-state index is 11.7. The number of rotatable bonds is 4. The van der Waals surface area contributed by atoms with Gasteiger partial charge in [-0.05, 0) is 37.4 Å². The van der Waals surface area contributed by atoms with Gasteiger partial charge in [-0.1, -0.05) is 25.1 Å². The molecule has 3 nitrogen and oxygen atoms in total. The van der Waals surface area contributed by atoms with E-state index in [1.165, 1.54) is 10.5 Å². The van der Waals surface area contributed by atoms with Crippen LogP contribution in [0.15, 0.2) is 29.2 Å². The van der Waals surface area contributed by atoms with Gasteiger partial charge in [0.1, 0.15) is 0 Å². The third kappa shape index (κ3) is 2.84. The zero-order valence-electron chi connectivity index (χ0n) is 12.5. The predicted octanol–water partition coefficient (Wildman–Crippen LogP) is 3.45. The van der Waals surface area contributed by atoms with Crippen molar-refractivity contribution in [2.24, 2.45) is 5.41 Å². The Morgan fingerprint density at radius 2 is 2.29 bits per heavy atom. The summed E-state index contributed by atoms with van der Waals surface area (Å²) in [6.45, 7) is 4.76. The Balaban J connectivity index is 1.70. The highest BCUT2D eigenvalue weighted by atomic mass is 32.2. The van der Waals surface area contributed by atoms with E-state index in [4.69, 9.17) is 0 Å². The van der Waals surface area contributed by atoms with Crippen LogP contribution < -0.4 is 0 Å². The molecule has 21 heavy (non-hydrogen) atoms. The van der Waals surface area contributed by atoms with Gasteiger partial charge in [0.15, 0.2) is 0 Å². The first-order valence-corrected chi connectivity index (χ1v) is 8.81. The Bertz CT molecular complexity index is 533. The van der Waals surface area contributed by atoms with Crippen LogP contribution in [0.4, 0.5) is 0 Å². The van der Waals surface area contributed by atoms with E-state index < -0.39 is 11.4 Å². The normalized spacial score (nSPS) is 29.3. The number of carbonyl (C=O) groups is 1. The average molecular weight is 305 g/mol. The lowest BCUT2D eigenvalue weighted by Gasteiger charge is -2.40.